The molecule has 2 aromatic rings. The average Bonchev–Trinajstić information content (AvgIpc) is 2.67. The number of hydrogen-bond acceptors (Lipinski definition) is 3. The molecule has 4 nitrogen and oxygen atoms in total. The van der Waals surface area contributed by atoms with E-state index < -0.39 is 0 Å². The highest BCUT2D eigenvalue weighted by molar-refractivity contribution is 8.00. The summed E-state index contributed by atoms with van der Waals surface area (Å²) in [6, 6.07) is 7.08. The summed E-state index contributed by atoms with van der Waals surface area (Å²) in [6.45, 7) is 1.87. The van der Waals surface area contributed by atoms with Gasteiger partial charge in [-0.25, -0.2) is 0 Å². The van der Waals surface area contributed by atoms with Crippen LogP contribution in [0.1, 0.15) is 5.69 Å². The first kappa shape index (κ1) is 15.2. The lowest BCUT2D eigenvalue weighted by Crippen LogP contribution is -2.16. The van der Waals surface area contributed by atoms with Gasteiger partial charge in [-0.05, 0) is 19.1 Å². The normalized spacial score (nSPS) is 10.6. The van der Waals surface area contributed by atoms with Crippen molar-refractivity contribution in [1.29, 1.82) is 0 Å². The van der Waals surface area contributed by atoms with E-state index in [0.717, 1.165) is 5.69 Å². The van der Waals surface area contributed by atoms with Crippen LogP contribution in [0, 0.1) is 6.92 Å². The summed E-state index contributed by atoms with van der Waals surface area (Å²) in [5.41, 5.74) is 0.851. The number of carbonyl (C=O) groups is 1. The fourth-order valence-electron chi connectivity index (χ4n) is 1.66. The fraction of sp³-hybridized carbons (Fsp3) is 0.231. The van der Waals surface area contributed by atoms with Crippen molar-refractivity contribution >= 4 is 46.7 Å². The number of carbonyl (C=O) groups excluding carboxylic acids is 1. The minimum atomic E-state index is -0.131. The zero-order valence-corrected chi connectivity index (χ0v) is 13.3. The standard InChI is InChI=1S/C13H13Cl2N3OS/c1-8-6-11(18(2)17-8)16-12(19)7-20-13-9(14)4-3-5-10(13)15/h3-6H,7H2,1-2H3,(H,16,19). The molecule has 1 amide bonds. The molecule has 7 heteroatoms. The first-order valence-electron chi connectivity index (χ1n) is 5.84. The number of halogens is 2. The molecule has 0 bridgehead atoms. The Bertz CT molecular complexity index is 622. The highest BCUT2D eigenvalue weighted by atomic mass is 35.5. The van der Waals surface area contributed by atoms with Gasteiger partial charge in [-0.2, -0.15) is 5.10 Å². The summed E-state index contributed by atoms with van der Waals surface area (Å²) in [4.78, 5) is 12.6. The van der Waals surface area contributed by atoms with Crippen molar-refractivity contribution in [3.63, 3.8) is 0 Å². The van der Waals surface area contributed by atoms with Crippen molar-refractivity contribution in [1.82, 2.24) is 9.78 Å². The lowest BCUT2D eigenvalue weighted by molar-refractivity contribution is -0.113. The van der Waals surface area contributed by atoms with Gasteiger partial charge in [0.05, 0.1) is 21.5 Å². The average molecular weight is 330 g/mol. The number of aryl methyl sites for hydroxylation is 2. The van der Waals surface area contributed by atoms with Crippen LogP contribution in [0.3, 0.4) is 0 Å². The second-order valence-electron chi connectivity index (χ2n) is 4.18. The third-order valence-electron chi connectivity index (χ3n) is 2.54. The molecule has 0 fully saturated rings. The van der Waals surface area contributed by atoms with E-state index in [1.807, 2.05) is 13.0 Å². The van der Waals surface area contributed by atoms with Crippen LogP contribution < -0.4 is 5.32 Å². The van der Waals surface area contributed by atoms with E-state index in [1.165, 1.54) is 11.8 Å². The van der Waals surface area contributed by atoms with Gasteiger partial charge in [0.25, 0.3) is 0 Å². The number of anilines is 1. The molecule has 0 saturated carbocycles. The number of nitrogens with zero attached hydrogens (tertiary/aromatic N) is 2. The molecule has 1 aromatic heterocycles. The Labute approximate surface area is 131 Å². The Morgan fingerprint density at radius 3 is 2.60 bits per heavy atom. The maximum absolute atomic E-state index is 11.9. The van der Waals surface area contributed by atoms with Gasteiger partial charge in [0.15, 0.2) is 0 Å². The van der Waals surface area contributed by atoms with Crippen LogP contribution in [-0.2, 0) is 11.8 Å². The quantitative estimate of drug-likeness (QED) is 0.868. The molecule has 1 N–H and O–H groups in total. The number of amides is 1. The second kappa shape index (κ2) is 6.52. The van der Waals surface area contributed by atoms with E-state index in [-0.39, 0.29) is 11.7 Å². The number of thioether (sulfide) groups is 1. The molecule has 0 saturated heterocycles. The monoisotopic (exact) mass is 329 g/mol. The molecule has 0 aliphatic heterocycles. The molecule has 0 radical (unpaired) electrons. The number of benzene rings is 1. The van der Waals surface area contributed by atoms with Crippen LogP contribution in [0.5, 0.6) is 0 Å². The number of aromatic nitrogens is 2. The highest BCUT2D eigenvalue weighted by Gasteiger charge is 2.11. The zero-order chi connectivity index (χ0) is 14.7. The van der Waals surface area contributed by atoms with Crippen molar-refractivity contribution in [3.8, 4) is 0 Å². The summed E-state index contributed by atoms with van der Waals surface area (Å²) in [7, 11) is 1.78. The first-order chi connectivity index (χ1) is 9.47. The van der Waals surface area contributed by atoms with Gasteiger partial charge in [-0.15, -0.1) is 11.8 Å². The van der Waals surface area contributed by atoms with E-state index in [4.69, 9.17) is 23.2 Å². The molecule has 1 heterocycles. The molecule has 20 heavy (non-hydrogen) atoms. The van der Waals surface area contributed by atoms with Crippen molar-refractivity contribution < 1.29 is 4.79 Å². The summed E-state index contributed by atoms with van der Waals surface area (Å²) in [5, 5.41) is 8.05. The first-order valence-corrected chi connectivity index (χ1v) is 7.59. The molecule has 2 rings (SSSR count). The van der Waals surface area contributed by atoms with Gasteiger partial charge >= 0.3 is 0 Å². The lowest BCUT2D eigenvalue weighted by Gasteiger charge is -2.07. The number of hydrogen-bond donors (Lipinski definition) is 1. The van der Waals surface area contributed by atoms with E-state index in [0.29, 0.717) is 20.8 Å². The van der Waals surface area contributed by atoms with Gasteiger partial charge in [0, 0.05) is 18.0 Å². The van der Waals surface area contributed by atoms with E-state index in [2.05, 4.69) is 10.4 Å². The van der Waals surface area contributed by atoms with Gasteiger partial charge in [0.1, 0.15) is 5.82 Å². The van der Waals surface area contributed by atoms with Crippen LogP contribution in [0.25, 0.3) is 0 Å². The lowest BCUT2D eigenvalue weighted by atomic mass is 10.4. The summed E-state index contributed by atoms with van der Waals surface area (Å²) < 4.78 is 1.63. The summed E-state index contributed by atoms with van der Waals surface area (Å²) >= 11 is 13.4. The molecule has 0 aliphatic rings. The molecule has 0 aliphatic carbocycles. The minimum Gasteiger partial charge on any atom is -0.310 e. The Hall–Kier alpha value is -1.17. The van der Waals surface area contributed by atoms with Gasteiger partial charge < -0.3 is 5.32 Å². The SMILES string of the molecule is Cc1cc(NC(=O)CSc2c(Cl)cccc2Cl)n(C)n1. The summed E-state index contributed by atoms with van der Waals surface area (Å²) in [5.74, 6) is 0.764. The maximum atomic E-state index is 11.9. The molecular formula is C13H13Cl2N3OS. The smallest absolute Gasteiger partial charge is 0.235 e. The predicted molar refractivity (Wildman–Crippen MR) is 83.8 cm³/mol. The van der Waals surface area contributed by atoms with Crippen molar-refractivity contribution in [2.45, 2.75) is 11.8 Å². The zero-order valence-electron chi connectivity index (χ0n) is 11.0. The molecular weight excluding hydrogens is 317 g/mol. The fourth-order valence-corrected chi connectivity index (χ4v) is 3.15. The second-order valence-corrected chi connectivity index (χ2v) is 5.98. The Morgan fingerprint density at radius 2 is 2.05 bits per heavy atom. The number of nitrogens with one attached hydrogen (secondary N) is 1. The number of rotatable bonds is 4. The van der Waals surface area contributed by atoms with E-state index >= 15 is 0 Å². The third kappa shape index (κ3) is 3.69. The van der Waals surface area contributed by atoms with Crippen molar-refractivity contribution in [3.05, 3.63) is 40.0 Å². The summed E-state index contributed by atoms with van der Waals surface area (Å²) in [6.07, 6.45) is 0. The minimum absolute atomic E-state index is 0.131. The van der Waals surface area contributed by atoms with Gasteiger partial charge in [0.2, 0.25) is 5.91 Å². The molecule has 0 atom stereocenters. The molecule has 0 unspecified atom stereocenters. The third-order valence-corrected chi connectivity index (χ3v) is 4.53. The van der Waals surface area contributed by atoms with Crippen LogP contribution in [-0.4, -0.2) is 21.4 Å². The van der Waals surface area contributed by atoms with Crippen molar-refractivity contribution in [2.24, 2.45) is 7.05 Å². The van der Waals surface area contributed by atoms with E-state index in [1.54, 1.807) is 29.9 Å². The molecule has 106 valence electrons. The maximum Gasteiger partial charge on any atom is 0.235 e. The van der Waals surface area contributed by atoms with Crippen LogP contribution in [0.2, 0.25) is 10.0 Å². The molecule has 0 spiro atoms. The predicted octanol–water partition coefficient (Wildman–Crippen LogP) is 3.77. The van der Waals surface area contributed by atoms with Gasteiger partial charge in [-0.1, -0.05) is 29.3 Å². The van der Waals surface area contributed by atoms with E-state index in [9.17, 15) is 4.79 Å². The Balaban J connectivity index is 1.97. The Morgan fingerprint density at radius 1 is 1.40 bits per heavy atom. The molecule has 1 aromatic carbocycles. The largest absolute Gasteiger partial charge is 0.310 e. The van der Waals surface area contributed by atoms with Crippen LogP contribution in [0.4, 0.5) is 5.82 Å². The van der Waals surface area contributed by atoms with Crippen molar-refractivity contribution in [2.75, 3.05) is 11.1 Å². The Kier molecular flexibility index (Phi) is 4.96. The van der Waals surface area contributed by atoms with Gasteiger partial charge in [-0.3, -0.25) is 9.48 Å². The highest BCUT2D eigenvalue weighted by Crippen LogP contribution is 2.33. The van der Waals surface area contributed by atoms with Crippen LogP contribution >= 0.6 is 35.0 Å². The topological polar surface area (TPSA) is 46.9 Å². The van der Waals surface area contributed by atoms with Crippen LogP contribution in [0.15, 0.2) is 29.2 Å².